The minimum atomic E-state index is 1.08. The lowest BCUT2D eigenvalue weighted by Gasteiger charge is -1.72. The Morgan fingerprint density at radius 2 is 1.31 bits per heavy atom. The van der Waals surface area contributed by atoms with Crippen molar-refractivity contribution in [3.05, 3.63) is 37.5 Å². The first-order valence-electron chi connectivity index (χ1n) is 5.04. The van der Waals surface area contributed by atoms with Crippen molar-refractivity contribution in [2.75, 3.05) is 0 Å². The average molecular weight is 182 g/mol. The maximum absolute atomic E-state index is 3.55. The van der Waals surface area contributed by atoms with E-state index in [1.165, 1.54) is 6.42 Å². The van der Waals surface area contributed by atoms with Gasteiger partial charge in [-0.05, 0) is 26.7 Å². The third-order valence-electron chi connectivity index (χ3n) is 1.11. The van der Waals surface area contributed by atoms with E-state index in [0.717, 1.165) is 12.8 Å². The fourth-order valence-electron chi connectivity index (χ4n) is 0.204. The predicted octanol–water partition coefficient (Wildman–Crippen LogP) is 5.14. The molecule has 0 radical (unpaired) electrons. The van der Waals surface area contributed by atoms with Gasteiger partial charge in [-0.3, -0.25) is 0 Å². The summed E-state index contributed by atoms with van der Waals surface area (Å²) in [4.78, 5) is 0. The van der Waals surface area contributed by atoms with Crippen LogP contribution < -0.4 is 0 Å². The maximum atomic E-state index is 3.55. The van der Waals surface area contributed by atoms with Crippen molar-refractivity contribution < 1.29 is 0 Å². The molecule has 0 heteroatoms. The second-order valence-corrected chi connectivity index (χ2v) is 2.44. The molecule has 0 N–H and O–H groups in total. The van der Waals surface area contributed by atoms with Gasteiger partial charge in [-0.2, -0.15) is 0 Å². The van der Waals surface area contributed by atoms with E-state index in [9.17, 15) is 0 Å². The van der Waals surface area contributed by atoms with Crippen molar-refractivity contribution in [3.8, 4) is 0 Å². The molecule has 13 heavy (non-hydrogen) atoms. The summed E-state index contributed by atoms with van der Waals surface area (Å²) in [6.07, 6.45) is 11.3. The molecule has 0 nitrogen and oxygen atoms in total. The Bertz CT molecular complexity index is 94.6. The van der Waals surface area contributed by atoms with Crippen molar-refractivity contribution in [2.45, 2.75) is 47.0 Å². The third-order valence-corrected chi connectivity index (χ3v) is 1.11. The van der Waals surface area contributed by atoms with Gasteiger partial charge in [0.25, 0.3) is 0 Å². The van der Waals surface area contributed by atoms with Crippen molar-refractivity contribution in [1.82, 2.24) is 0 Å². The molecule has 0 fully saturated rings. The molecule has 0 bridgehead atoms. The summed E-state index contributed by atoms with van der Waals surface area (Å²) >= 11 is 0. The molecule has 0 aliphatic carbocycles. The summed E-state index contributed by atoms with van der Waals surface area (Å²) in [5.41, 5.74) is 0. The Hall–Kier alpha value is -0.780. The van der Waals surface area contributed by atoms with Crippen LogP contribution in [-0.2, 0) is 0 Å². The lowest BCUT2D eigenvalue weighted by atomic mass is 10.3. The van der Waals surface area contributed by atoms with Crippen molar-refractivity contribution in [2.24, 2.45) is 0 Å². The van der Waals surface area contributed by atoms with Crippen LogP contribution in [0.25, 0.3) is 0 Å². The Balaban J connectivity index is -0.000000117. The van der Waals surface area contributed by atoms with Crippen molar-refractivity contribution >= 4 is 0 Å². The van der Waals surface area contributed by atoms with Gasteiger partial charge in [-0.1, -0.05) is 44.6 Å². The van der Waals surface area contributed by atoms with Crippen LogP contribution in [0.2, 0.25) is 0 Å². The highest BCUT2D eigenvalue weighted by atomic mass is 13.7. The van der Waals surface area contributed by atoms with Gasteiger partial charge in [0.2, 0.25) is 0 Å². The molecule has 0 aromatic carbocycles. The topological polar surface area (TPSA) is 0 Å². The van der Waals surface area contributed by atoms with E-state index in [0.29, 0.717) is 0 Å². The SMILES string of the molecule is C/C=C/C.C=CCC.C=CCCC. The minimum absolute atomic E-state index is 1.08. The molecule has 0 saturated heterocycles. The highest BCUT2D eigenvalue weighted by molar-refractivity contribution is 4.68. The van der Waals surface area contributed by atoms with E-state index in [1.807, 2.05) is 38.2 Å². The molecule has 0 aromatic rings. The maximum Gasteiger partial charge on any atom is -0.0356 e. The van der Waals surface area contributed by atoms with Gasteiger partial charge >= 0.3 is 0 Å². The Morgan fingerprint density at radius 3 is 1.31 bits per heavy atom. The number of hydrogen-bond donors (Lipinski definition) is 0. The molecule has 78 valence electrons. The molecule has 0 heterocycles. The van der Waals surface area contributed by atoms with Gasteiger partial charge in [0, 0.05) is 0 Å². The van der Waals surface area contributed by atoms with Crippen LogP contribution in [-0.4, -0.2) is 0 Å². The largest absolute Gasteiger partial charge is 0.103 e. The van der Waals surface area contributed by atoms with Crippen LogP contribution in [0.5, 0.6) is 0 Å². The lowest BCUT2D eigenvalue weighted by molar-refractivity contribution is 0.961. The second kappa shape index (κ2) is 30.3. The molecule has 0 spiro atoms. The summed E-state index contributed by atoms with van der Waals surface area (Å²) < 4.78 is 0. The zero-order valence-corrected chi connectivity index (χ0v) is 9.84. The van der Waals surface area contributed by atoms with Gasteiger partial charge in [-0.15, -0.1) is 13.2 Å². The van der Waals surface area contributed by atoms with Crippen LogP contribution >= 0.6 is 0 Å². The molecular weight excluding hydrogens is 156 g/mol. The standard InChI is InChI=1S/C5H10.2C4H8/c1-3-5-4-2;2*1-3-4-2/h3H,1,4-5H2,2H3;3-4H,1-2H3;3H,1,4H2,2H3/b;4-3+;. The van der Waals surface area contributed by atoms with E-state index in [2.05, 4.69) is 27.0 Å². The van der Waals surface area contributed by atoms with E-state index in [-0.39, 0.29) is 0 Å². The van der Waals surface area contributed by atoms with Gasteiger partial charge in [0.15, 0.2) is 0 Å². The number of unbranched alkanes of at least 4 members (excludes halogenated alkanes) is 1. The fourth-order valence-corrected chi connectivity index (χ4v) is 0.204. The molecule has 0 saturated carbocycles. The first kappa shape index (κ1) is 18.1. The summed E-state index contributed by atoms with van der Waals surface area (Å²) in [6.45, 7) is 15.2. The predicted molar refractivity (Wildman–Crippen MR) is 66.1 cm³/mol. The summed E-state index contributed by atoms with van der Waals surface area (Å²) in [7, 11) is 0. The van der Waals surface area contributed by atoms with Gasteiger partial charge < -0.3 is 0 Å². The third kappa shape index (κ3) is 92.0. The monoisotopic (exact) mass is 182 g/mol. The van der Waals surface area contributed by atoms with Crippen LogP contribution in [0.4, 0.5) is 0 Å². The van der Waals surface area contributed by atoms with Crippen molar-refractivity contribution in [1.29, 1.82) is 0 Å². The first-order valence-corrected chi connectivity index (χ1v) is 5.04. The van der Waals surface area contributed by atoms with Crippen LogP contribution in [0.1, 0.15) is 47.0 Å². The fraction of sp³-hybridized carbons (Fsp3) is 0.538. The minimum Gasteiger partial charge on any atom is -0.103 e. The lowest BCUT2D eigenvalue weighted by Crippen LogP contribution is -1.52. The molecule has 0 atom stereocenters. The number of hydrogen-bond acceptors (Lipinski definition) is 0. The molecule has 0 rings (SSSR count). The smallest absolute Gasteiger partial charge is 0.0356 e. The van der Waals surface area contributed by atoms with Gasteiger partial charge in [-0.25, -0.2) is 0 Å². The van der Waals surface area contributed by atoms with Crippen LogP contribution in [0, 0.1) is 0 Å². The summed E-state index contributed by atoms with van der Waals surface area (Å²) in [6, 6.07) is 0. The van der Waals surface area contributed by atoms with E-state index < -0.39 is 0 Å². The zero-order valence-electron chi connectivity index (χ0n) is 9.84. The molecule has 0 aliphatic rings. The Morgan fingerprint density at radius 1 is 0.923 bits per heavy atom. The molecule has 0 aliphatic heterocycles. The van der Waals surface area contributed by atoms with Gasteiger partial charge in [0.05, 0.1) is 0 Å². The first-order chi connectivity index (χ1) is 6.24. The molecule has 0 unspecified atom stereocenters. The molecule has 0 amide bonds. The quantitative estimate of drug-likeness (QED) is 0.530. The van der Waals surface area contributed by atoms with Crippen LogP contribution in [0.15, 0.2) is 37.5 Å². The highest BCUT2D eigenvalue weighted by Crippen LogP contribution is 1.82. The highest BCUT2D eigenvalue weighted by Gasteiger charge is 1.61. The van der Waals surface area contributed by atoms with E-state index >= 15 is 0 Å². The van der Waals surface area contributed by atoms with Gasteiger partial charge in [0.1, 0.15) is 0 Å². The summed E-state index contributed by atoms with van der Waals surface area (Å²) in [5, 5.41) is 0. The number of rotatable bonds is 3. The van der Waals surface area contributed by atoms with E-state index in [1.54, 1.807) is 0 Å². The van der Waals surface area contributed by atoms with Crippen molar-refractivity contribution in [3.63, 3.8) is 0 Å². The Labute approximate surface area is 85.1 Å². The van der Waals surface area contributed by atoms with Crippen LogP contribution in [0.3, 0.4) is 0 Å². The number of allylic oxidation sites excluding steroid dienone is 4. The summed E-state index contributed by atoms with van der Waals surface area (Å²) in [5.74, 6) is 0. The molecular formula is C13H26. The zero-order chi connectivity index (χ0) is 10.9. The Kier molecular flexibility index (Phi) is 42.2. The molecule has 0 aromatic heterocycles. The average Bonchev–Trinajstić information content (AvgIpc) is 2.20. The second-order valence-electron chi connectivity index (χ2n) is 2.44. The van der Waals surface area contributed by atoms with E-state index in [4.69, 9.17) is 0 Å². The normalized spacial score (nSPS) is 7.69.